The van der Waals surface area contributed by atoms with Gasteiger partial charge in [0.2, 0.25) is 5.91 Å². The second-order valence-corrected chi connectivity index (χ2v) is 7.69. The quantitative estimate of drug-likeness (QED) is 0.830. The van der Waals surface area contributed by atoms with Gasteiger partial charge < -0.3 is 9.84 Å². The van der Waals surface area contributed by atoms with Crippen LogP contribution in [0.1, 0.15) is 37.8 Å². The Morgan fingerprint density at radius 3 is 2.54 bits per heavy atom. The number of halogens is 3. The molecule has 26 heavy (non-hydrogen) atoms. The number of carbonyl (C=O) groups is 1. The molecule has 0 spiro atoms. The molecule has 1 aromatic carbocycles. The molecule has 5 nitrogen and oxygen atoms in total. The molecule has 138 valence electrons. The van der Waals surface area contributed by atoms with E-state index in [0.717, 1.165) is 17.0 Å². The van der Waals surface area contributed by atoms with Gasteiger partial charge >= 0.3 is 6.18 Å². The van der Waals surface area contributed by atoms with Crippen LogP contribution >= 0.6 is 0 Å². The molecule has 0 aromatic heterocycles. The van der Waals surface area contributed by atoms with Crippen molar-refractivity contribution in [3.8, 4) is 6.07 Å². The molecule has 3 heterocycles. The Kier molecular flexibility index (Phi) is 3.32. The number of amides is 1. The number of benzene rings is 1. The Bertz CT molecular complexity index is 849. The van der Waals surface area contributed by atoms with E-state index in [1.54, 1.807) is 0 Å². The minimum atomic E-state index is -4.73. The van der Waals surface area contributed by atoms with Crippen molar-refractivity contribution in [1.82, 2.24) is 0 Å². The number of ether oxygens (including phenoxy) is 1. The lowest BCUT2D eigenvalue weighted by molar-refractivity contribution is -0.138. The molecule has 0 saturated carbocycles. The van der Waals surface area contributed by atoms with Crippen LogP contribution in [0.15, 0.2) is 18.2 Å². The fourth-order valence-corrected chi connectivity index (χ4v) is 4.95. The van der Waals surface area contributed by atoms with Crippen LogP contribution in [0, 0.1) is 23.2 Å². The number of fused-ring (bicyclic) bond motifs is 5. The highest BCUT2D eigenvalue weighted by Gasteiger charge is 2.72. The fraction of sp³-hybridized carbons (Fsp3) is 0.556. The largest absolute Gasteiger partial charge is 0.417 e. The summed E-state index contributed by atoms with van der Waals surface area (Å²) in [6.45, 7) is 3.65. The Morgan fingerprint density at radius 1 is 1.31 bits per heavy atom. The molecule has 0 radical (unpaired) electrons. The lowest BCUT2D eigenvalue weighted by atomic mass is 9.69. The Labute approximate surface area is 148 Å². The second kappa shape index (κ2) is 4.99. The van der Waals surface area contributed by atoms with E-state index in [-0.39, 0.29) is 5.69 Å². The molecule has 1 aromatic rings. The number of aliphatic hydroxyl groups is 1. The van der Waals surface area contributed by atoms with Gasteiger partial charge in [0.1, 0.15) is 6.23 Å². The SMILES string of the molecule is CC12CCC(C)(O1)[C@H]1C(=O)N(c3ccc(C#N)c(C(F)(F)F)c3)C(O)[C@H]12. The van der Waals surface area contributed by atoms with Crippen molar-refractivity contribution in [2.75, 3.05) is 4.90 Å². The summed E-state index contributed by atoms with van der Waals surface area (Å²) in [5.41, 5.74) is -3.10. The van der Waals surface area contributed by atoms with E-state index in [4.69, 9.17) is 10.00 Å². The summed E-state index contributed by atoms with van der Waals surface area (Å²) in [6, 6.07) is 4.57. The van der Waals surface area contributed by atoms with Crippen LogP contribution in [0.5, 0.6) is 0 Å². The first-order valence-corrected chi connectivity index (χ1v) is 8.34. The van der Waals surface area contributed by atoms with Crippen molar-refractivity contribution in [3.05, 3.63) is 29.3 Å². The molecule has 3 fully saturated rings. The van der Waals surface area contributed by atoms with Gasteiger partial charge in [0.15, 0.2) is 0 Å². The number of hydrogen-bond acceptors (Lipinski definition) is 4. The molecule has 5 atom stereocenters. The van der Waals surface area contributed by atoms with Gasteiger partial charge in [0, 0.05) is 11.6 Å². The Hall–Kier alpha value is -2.11. The minimum absolute atomic E-state index is 0.0603. The lowest BCUT2D eigenvalue weighted by Crippen LogP contribution is -2.43. The second-order valence-electron chi connectivity index (χ2n) is 7.69. The maximum atomic E-state index is 13.2. The molecule has 8 heteroatoms. The maximum Gasteiger partial charge on any atom is 0.417 e. The van der Waals surface area contributed by atoms with Gasteiger partial charge in [-0.15, -0.1) is 0 Å². The third kappa shape index (κ3) is 2.07. The number of carbonyl (C=O) groups excluding carboxylic acids is 1. The van der Waals surface area contributed by atoms with Gasteiger partial charge in [-0.3, -0.25) is 9.69 Å². The van der Waals surface area contributed by atoms with Crippen LogP contribution in [-0.2, 0) is 15.7 Å². The summed E-state index contributed by atoms with van der Waals surface area (Å²) >= 11 is 0. The normalized spacial score (nSPS) is 38.6. The lowest BCUT2D eigenvalue weighted by Gasteiger charge is -2.32. The van der Waals surface area contributed by atoms with E-state index in [0.29, 0.717) is 12.8 Å². The fourth-order valence-electron chi connectivity index (χ4n) is 4.95. The first-order valence-electron chi connectivity index (χ1n) is 8.34. The van der Waals surface area contributed by atoms with Gasteiger partial charge in [-0.2, -0.15) is 18.4 Å². The zero-order valence-corrected chi connectivity index (χ0v) is 14.2. The highest BCUT2D eigenvalue weighted by Crippen LogP contribution is 2.62. The van der Waals surface area contributed by atoms with Crippen LogP contribution in [0.3, 0.4) is 0 Å². The zero-order chi connectivity index (χ0) is 19.1. The number of alkyl halides is 3. The van der Waals surface area contributed by atoms with Crippen molar-refractivity contribution >= 4 is 11.6 Å². The monoisotopic (exact) mass is 366 g/mol. The van der Waals surface area contributed by atoms with Crippen LogP contribution in [0.4, 0.5) is 18.9 Å². The summed E-state index contributed by atoms with van der Waals surface area (Å²) in [6.07, 6.45) is -4.65. The van der Waals surface area contributed by atoms with Crippen molar-refractivity contribution in [3.63, 3.8) is 0 Å². The average molecular weight is 366 g/mol. The molecule has 1 N–H and O–H groups in total. The van der Waals surface area contributed by atoms with Gasteiger partial charge in [0.25, 0.3) is 0 Å². The smallest absolute Gasteiger partial charge is 0.373 e. The van der Waals surface area contributed by atoms with E-state index >= 15 is 0 Å². The summed E-state index contributed by atoms with van der Waals surface area (Å²) in [4.78, 5) is 14.0. The topological polar surface area (TPSA) is 73.6 Å². The standard InChI is InChI=1S/C18H17F3N2O3/c1-16-5-6-17(2,26-16)13-12(16)14(24)23(15(13)25)10-4-3-9(8-22)11(7-10)18(19,20)21/h3-4,7,12-14,24H,5-6H2,1-2H3/t12-,13+,14?,16?,17?/m0/s1. The number of hydrogen-bond donors (Lipinski definition) is 1. The molecule has 3 saturated heterocycles. The minimum Gasteiger partial charge on any atom is -0.373 e. The molecule has 0 aliphatic carbocycles. The third-order valence-electron chi connectivity index (χ3n) is 6.10. The average Bonchev–Trinajstić information content (AvgIpc) is 3.10. The predicted octanol–water partition coefficient (Wildman–Crippen LogP) is 2.82. The van der Waals surface area contributed by atoms with Gasteiger partial charge in [0.05, 0.1) is 34.3 Å². The molecule has 4 rings (SSSR count). The Balaban J connectivity index is 1.79. The molecule has 2 bridgehead atoms. The zero-order valence-electron chi connectivity index (χ0n) is 14.2. The number of anilines is 1. The van der Waals surface area contributed by atoms with Crippen LogP contribution < -0.4 is 4.90 Å². The Morgan fingerprint density at radius 2 is 1.96 bits per heavy atom. The summed E-state index contributed by atoms with van der Waals surface area (Å²) < 4.78 is 45.8. The van der Waals surface area contributed by atoms with Crippen LogP contribution in [-0.4, -0.2) is 28.4 Å². The van der Waals surface area contributed by atoms with E-state index in [2.05, 4.69) is 0 Å². The van der Waals surface area contributed by atoms with Gasteiger partial charge in [-0.25, -0.2) is 0 Å². The van der Waals surface area contributed by atoms with Crippen LogP contribution in [0.25, 0.3) is 0 Å². The summed E-state index contributed by atoms with van der Waals surface area (Å²) in [5, 5.41) is 19.7. The van der Waals surface area contributed by atoms with Crippen molar-refractivity contribution < 1.29 is 27.8 Å². The van der Waals surface area contributed by atoms with E-state index in [9.17, 15) is 23.1 Å². The van der Waals surface area contributed by atoms with Crippen molar-refractivity contribution in [1.29, 1.82) is 5.26 Å². The first kappa shape index (κ1) is 17.3. The highest BCUT2D eigenvalue weighted by molar-refractivity contribution is 5.99. The van der Waals surface area contributed by atoms with Crippen molar-refractivity contribution in [2.24, 2.45) is 11.8 Å². The first-order chi connectivity index (χ1) is 12.0. The van der Waals surface area contributed by atoms with E-state index in [1.807, 2.05) is 13.8 Å². The summed E-state index contributed by atoms with van der Waals surface area (Å²) in [7, 11) is 0. The summed E-state index contributed by atoms with van der Waals surface area (Å²) in [5.74, 6) is -1.54. The molecule has 3 aliphatic heterocycles. The van der Waals surface area contributed by atoms with Gasteiger partial charge in [-0.05, 0) is 44.9 Å². The number of rotatable bonds is 1. The molecular weight excluding hydrogens is 349 g/mol. The van der Waals surface area contributed by atoms with Crippen molar-refractivity contribution in [2.45, 2.75) is 50.3 Å². The van der Waals surface area contributed by atoms with Crippen LogP contribution in [0.2, 0.25) is 0 Å². The van der Waals surface area contributed by atoms with E-state index in [1.165, 1.54) is 12.1 Å². The van der Waals surface area contributed by atoms with Gasteiger partial charge in [-0.1, -0.05) is 0 Å². The van der Waals surface area contributed by atoms with E-state index < -0.39 is 52.5 Å². The molecule has 3 aliphatic rings. The molecule has 1 amide bonds. The maximum absolute atomic E-state index is 13.2. The third-order valence-corrected chi connectivity index (χ3v) is 6.10. The highest BCUT2D eigenvalue weighted by atomic mass is 19.4. The number of nitrogens with zero attached hydrogens (tertiary/aromatic N) is 2. The predicted molar refractivity (Wildman–Crippen MR) is 83.8 cm³/mol. The molecule has 3 unspecified atom stereocenters. The molecular formula is C18H17F3N2O3. The number of nitriles is 1. The number of aliphatic hydroxyl groups excluding tert-OH is 1.